The highest BCUT2D eigenvalue weighted by molar-refractivity contribution is 7.86. The summed E-state index contributed by atoms with van der Waals surface area (Å²) < 4.78 is 52.1. The molecule has 1 amide bonds. The van der Waals surface area contributed by atoms with Crippen LogP contribution in [0, 0.1) is 0 Å². The van der Waals surface area contributed by atoms with Gasteiger partial charge in [-0.05, 0) is 71.4 Å². The van der Waals surface area contributed by atoms with Crippen molar-refractivity contribution in [2.75, 3.05) is 32.6 Å². The molecule has 1 unspecified atom stereocenters. The van der Waals surface area contributed by atoms with Crippen molar-refractivity contribution in [1.82, 2.24) is 44.4 Å². The Labute approximate surface area is 323 Å². The zero-order valence-corrected chi connectivity index (χ0v) is 33.4. The van der Waals surface area contributed by atoms with Crippen molar-refractivity contribution in [1.29, 1.82) is 0 Å². The van der Waals surface area contributed by atoms with Crippen molar-refractivity contribution >= 4 is 28.1 Å². The van der Waals surface area contributed by atoms with Gasteiger partial charge >= 0.3 is 40.2 Å². The molecular formula is C36H45N9O10S. The van der Waals surface area contributed by atoms with E-state index < -0.39 is 27.7 Å². The maximum absolute atomic E-state index is 12.3. The lowest BCUT2D eigenvalue weighted by Crippen LogP contribution is -2.36. The molecule has 0 saturated carbocycles. The minimum Gasteiger partial charge on any atom is -0.461 e. The molecule has 2 aliphatic carbocycles. The van der Waals surface area contributed by atoms with Crippen LogP contribution in [0.25, 0.3) is 22.8 Å². The van der Waals surface area contributed by atoms with E-state index >= 15 is 0 Å². The second kappa shape index (κ2) is 15.8. The topological polar surface area (TPSA) is 222 Å². The predicted octanol–water partition coefficient (Wildman–Crippen LogP) is 3.03. The lowest BCUT2D eigenvalue weighted by Gasteiger charge is -2.24. The molecule has 0 aromatic carbocycles. The third kappa shape index (κ3) is 8.74. The number of rotatable bonds is 8. The fraction of sp³-hybridized carbons (Fsp3) is 0.528. The van der Waals surface area contributed by atoms with Gasteiger partial charge in [-0.25, -0.2) is 24.4 Å². The van der Waals surface area contributed by atoms with Crippen LogP contribution in [0.2, 0.25) is 0 Å². The summed E-state index contributed by atoms with van der Waals surface area (Å²) in [6.07, 6.45) is 6.90. The Morgan fingerprint density at radius 2 is 1.30 bits per heavy atom. The van der Waals surface area contributed by atoms with Crippen molar-refractivity contribution < 1.29 is 45.9 Å². The van der Waals surface area contributed by atoms with Crippen molar-refractivity contribution in [3.63, 3.8) is 0 Å². The van der Waals surface area contributed by atoms with Crippen LogP contribution in [0.1, 0.15) is 84.3 Å². The van der Waals surface area contributed by atoms with Crippen molar-refractivity contribution in [2.45, 2.75) is 78.4 Å². The van der Waals surface area contributed by atoms with Gasteiger partial charge in [0.05, 0.1) is 48.8 Å². The number of hydrogen-bond donors (Lipinski definition) is 0. The monoisotopic (exact) mass is 795 g/mol. The van der Waals surface area contributed by atoms with Crippen molar-refractivity contribution in [2.24, 2.45) is 14.1 Å². The lowest BCUT2D eigenvalue weighted by atomic mass is 9.93. The predicted molar refractivity (Wildman–Crippen MR) is 198 cm³/mol. The first-order valence-corrected chi connectivity index (χ1v) is 20.0. The molecule has 1 fully saturated rings. The number of aromatic nitrogens is 8. The molecule has 3 aliphatic rings. The summed E-state index contributed by atoms with van der Waals surface area (Å²) in [6.45, 7) is 10.6. The molecule has 4 aromatic heterocycles. The van der Waals surface area contributed by atoms with E-state index in [2.05, 4.69) is 30.1 Å². The van der Waals surface area contributed by atoms with Gasteiger partial charge < -0.3 is 28.0 Å². The highest BCUT2D eigenvalue weighted by Crippen LogP contribution is 2.36. The summed E-state index contributed by atoms with van der Waals surface area (Å²) in [5, 5.41) is 8.62. The molecule has 300 valence electrons. The van der Waals surface area contributed by atoms with E-state index in [1.165, 1.54) is 10.9 Å². The smallest absolute Gasteiger partial charge is 0.410 e. The van der Waals surface area contributed by atoms with E-state index in [1.807, 2.05) is 20.8 Å². The van der Waals surface area contributed by atoms with Gasteiger partial charge in [-0.2, -0.15) is 28.6 Å². The van der Waals surface area contributed by atoms with Crippen LogP contribution in [0.4, 0.5) is 4.79 Å². The van der Waals surface area contributed by atoms with Crippen LogP contribution >= 0.6 is 0 Å². The second-order valence-corrected chi connectivity index (χ2v) is 15.9. The van der Waals surface area contributed by atoms with E-state index in [9.17, 15) is 22.8 Å². The SMILES string of the molecule is CCOC(=O)c1nn(C)c2c1CCc1cnc(OC3CCN(C(=O)OC(C)(C)C)C3)nc1-2.CCOC(=O)c1nn(C)c2c1CCc1cnc(OS(C)(=O)=O)nc1-2. The van der Waals surface area contributed by atoms with Gasteiger partial charge in [-0.1, -0.05) is 0 Å². The van der Waals surface area contributed by atoms with E-state index in [1.54, 1.807) is 43.7 Å². The van der Waals surface area contributed by atoms with Gasteiger partial charge in [0, 0.05) is 50.6 Å². The Morgan fingerprint density at radius 3 is 1.79 bits per heavy atom. The van der Waals surface area contributed by atoms with Gasteiger partial charge in [0.25, 0.3) is 0 Å². The first kappa shape index (κ1) is 40.0. The summed E-state index contributed by atoms with van der Waals surface area (Å²) >= 11 is 0. The first-order chi connectivity index (χ1) is 26.5. The maximum atomic E-state index is 12.3. The van der Waals surface area contributed by atoms with Crippen molar-refractivity contribution in [3.05, 3.63) is 46.0 Å². The number of carbonyl (C=O) groups is 3. The van der Waals surface area contributed by atoms with Gasteiger partial charge in [0.1, 0.15) is 11.7 Å². The summed E-state index contributed by atoms with van der Waals surface area (Å²) in [5.74, 6) is -0.911. The summed E-state index contributed by atoms with van der Waals surface area (Å²) in [7, 11) is -0.251. The summed E-state index contributed by atoms with van der Waals surface area (Å²) in [4.78, 5) is 55.4. The molecule has 56 heavy (non-hydrogen) atoms. The van der Waals surface area contributed by atoms with E-state index in [4.69, 9.17) is 23.1 Å². The minimum atomic E-state index is -3.73. The third-order valence-corrected chi connectivity index (χ3v) is 9.40. The highest BCUT2D eigenvalue weighted by atomic mass is 32.2. The van der Waals surface area contributed by atoms with Gasteiger partial charge in [0.2, 0.25) is 0 Å². The molecule has 0 spiro atoms. The zero-order valence-electron chi connectivity index (χ0n) is 32.6. The second-order valence-electron chi connectivity index (χ2n) is 14.3. The van der Waals surface area contributed by atoms with Crippen LogP contribution in [0.3, 0.4) is 0 Å². The molecular weight excluding hydrogens is 751 g/mol. The standard InChI is InChI=1S/C22H29N5O5.C14H16N4O5S/c1-6-30-19(28)17-15-8-7-13-11-23-20(24-16(13)18(15)26(5)25-17)31-14-9-10-27(12-14)21(29)32-22(2,3)4;1-4-22-13(19)11-9-6-5-8-7-15-14(23-24(3,20)21)16-10(8)12(9)18(2)17-11/h11,14H,6-10,12H2,1-5H3;7H,4-6H2,1-3H3. The quantitative estimate of drug-likeness (QED) is 0.142. The van der Waals surface area contributed by atoms with Gasteiger partial charge in [-0.3, -0.25) is 9.36 Å². The molecule has 20 heteroatoms. The first-order valence-electron chi connectivity index (χ1n) is 18.2. The molecule has 1 aliphatic heterocycles. The van der Waals surface area contributed by atoms with E-state index in [-0.39, 0.29) is 36.5 Å². The lowest BCUT2D eigenvalue weighted by molar-refractivity contribution is 0.0273. The number of esters is 2. The number of hydrogen-bond acceptors (Lipinski definition) is 16. The molecule has 5 heterocycles. The number of aryl methyl sites for hydroxylation is 4. The molecule has 1 atom stereocenters. The fourth-order valence-corrected chi connectivity index (χ4v) is 7.05. The number of carbonyl (C=O) groups excluding carboxylic acids is 3. The number of fused-ring (bicyclic) bond motifs is 6. The van der Waals surface area contributed by atoms with Crippen LogP contribution < -0.4 is 8.92 Å². The number of likely N-dealkylation sites (tertiary alicyclic amines) is 1. The highest BCUT2D eigenvalue weighted by Gasteiger charge is 2.34. The van der Waals surface area contributed by atoms with Gasteiger partial charge in [0.15, 0.2) is 11.4 Å². The van der Waals surface area contributed by atoms with Crippen LogP contribution in [-0.4, -0.2) is 115 Å². The molecule has 4 aromatic rings. The molecule has 0 radical (unpaired) electrons. The minimum absolute atomic E-state index is 0.217. The number of amides is 1. The summed E-state index contributed by atoms with van der Waals surface area (Å²) in [6, 6.07) is -0.0190. The van der Waals surface area contributed by atoms with Crippen LogP contribution in [0.5, 0.6) is 12.0 Å². The number of nitrogens with zero attached hydrogens (tertiary/aromatic N) is 9. The molecule has 19 nitrogen and oxygen atoms in total. The van der Waals surface area contributed by atoms with E-state index in [0.29, 0.717) is 74.6 Å². The molecule has 0 N–H and O–H groups in total. The van der Waals surface area contributed by atoms with Crippen LogP contribution in [-0.2, 0) is 64.1 Å². The molecule has 7 rings (SSSR count). The summed E-state index contributed by atoms with van der Waals surface area (Å²) in [5.41, 5.74) is 6.06. The van der Waals surface area contributed by atoms with Gasteiger partial charge in [-0.15, -0.1) is 0 Å². The number of ether oxygens (including phenoxy) is 4. The Hall–Kier alpha value is -5.66. The van der Waals surface area contributed by atoms with E-state index in [0.717, 1.165) is 34.2 Å². The zero-order chi connectivity index (χ0) is 40.5. The van der Waals surface area contributed by atoms with Crippen LogP contribution in [0.15, 0.2) is 12.4 Å². The molecule has 0 bridgehead atoms. The fourth-order valence-electron chi connectivity index (χ4n) is 6.70. The Morgan fingerprint density at radius 1 is 0.804 bits per heavy atom. The average molecular weight is 796 g/mol. The Kier molecular flexibility index (Phi) is 11.3. The third-order valence-electron chi connectivity index (χ3n) is 8.95. The Bertz CT molecular complexity index is 2280. The largest absolute Gasteiger partial charge is 0.461 e. The average Bonchev–Trinajstić information content (AvgIpc) is 3.83. The van der Waals surface area contributed by atoms with Crippen molar-refractivity contribution in [3.8, 4) is 34.8 Å². The molecule has 1 saturated heterocycles. The Balaban J connectivity index is 0.000000198. The maximum Gasteiger partial charge on any atom is 0.410 e. The normalized spacial score (nSPS) is 15.6.